The van der Waals surface area contributed by atoms with Crippen LogP contribution < -0.4 is 10.6 Å². The molecule has 0 aliphatic heterocycles. The minimum atomic E-state index is -0.190. The fourth-order valence-electron chi connectivity index (χ4n) is 2.11. The third kappa shape index (κ3) is 3.81. The summed E-state index contributed by atoms with van der Waals surface area (Å²) in [5.41, 5.74) is 3.71. The van der Waals surface area contributed by atoms with E-state index in [1.54, 1.807) is 13.0 Å². The van der Waals surface area contributed by atoms with Crippen molar-refractivity contribution in [1.29, 1.82) is 0 Å². The lowest BCUT2D eigenvalue weighted by molar-refractivity contribution is 0.0937. The van der Waals surface area contributed by atoms with Crippen LogP contribution in [0.4, 0.5) is 11.5 Å². The molecule has 0 atom stereocenters. The number of carbonyl (C=O) groups is 1. The number of aromatic nitrogens is 2. The summed E-state index contributed by atoms with van der Waals surface area (Å²) in [6.45, 7) is 9.73. The van der Waals surface area contributed by atoms with E-state index in [1.165, 1.54) is 5.56 Å². The second-order valence-electron chi connectivity index (χ2n) is 5.69. The average Bonchev–Trinajstić information content (AvgIpc) is 2.42. The molecule has 0 fully saturated rings. The van der Waals surface area contributed by atoms with Gasteiger partial charge in [-0.25, -0.2) is 9.97 Å². The van der Waals surface area contributed by atoms with Gasteiger partial charge in [-0.3, -0.25) is 4.79 Å². The summed E-state index contributed by atoms with van der Waals surface area (Å²) < 4.78 is 0. The fourth-order valence-corrected chi connectivity index (χ4v) is 2.11. The summed E-state index contributed by atoms with van der Waals surface area (Å²) in [7, 11) is 0. The van der Waals surface area contributed by atoms with E-state index in [0.717, 1.165) is 11.3 Å². The lowest BCUT2D eigenvalue weighted by Crippen LogP contribution is -2.31. The molecule has 0 saturated carbocycles. The number of anilines is 2. The first kappa shape index (κ1) is 15.9. The van der Waals surface area contributed by atoms with E-state index in [4.69, 9.17) is 0 Å². The highest BCUT2D eigenvalue weighted by molar-refractivity contribution is 5.93. The van der Waals surface area contributed by atoms with Crippen LogP contribution in [-0.2, 0) is 0 Å². The van der Waals surface area contributed by atoms with Crippen molar-refractivity contribution in [3.63, 3.8) is 0 Å². The first-order valence-electron chi connectivity index (χ1n) is 7.36. The molecule has 2 rings (SSSR count). The van der Waals surface area contributed by atoms with Crippen LogP contribution in [0.5, 0.6) is 0 Å². The van der Waals surface area contributed by atoms with Crippen molar-refractivity contribution >= 4 is 17.4 Å². The van der Waals surface area contributed by atoms with E-state index in [1.807, 2.05) is 26.0 Å². The number of nitrogens with zero attached hydrogens (tertiary/aromatic N) is 2. The molecule has 0 saturated heterocycles. The lowest BCUT2D eigenvalue weighted by atomic mass is 10.1. The third-order valence-electron chi connectivity index (χ3n) is 3.36. The molecule has 116 valence electrons. The maximum atomic E-state index is 12.1. The van der Waals surface area contributed by atoms with Crippen molar-refractivity contribution in [2.45, 2.75) is 40.7 Å². The Morgan fingerprint density at radius 2 is 1.86 bits per heavy atom. The number of nitrogens with one attached hydrogen (secondary N) is 2. The summed E-state index contributed by atoms with van der Waals surface area (Å²) >= 11 is 0. The van der Waals surface area contributed by atoms with Gasteiger partial charge >= 0.3 is 0 Å². The smallest absolute Gasteiger partial charge is 0.270 e. The van der Waals surface area contributed by atoms with E-state index in [9.17, 15) is 4.79 Å². The molecule has 22 heavy (non-hydrogen) atoms. The van der Waals surface area contributed by atoms with E-state index in [0.29, 0.717) is 17.3 Å². The number of rotatable bonds is 4. The third-order valence-corrected chi connectivity index (χ3v) is 3.36. The van der Waals surface area contributed by atoms with Crippen LogP contribution in [0.3, 0.4) is 0 Å². The van der Waals surface area contributed by atoms with Gasteiger partial charge in [0.2, 0.25) is 0 Å². The molecule has 0 radical (unpaired) electrons. The summed E-state index contributed by atoms with van der Waals surface area (Å²) in [6.07, 6.45) is 0. The average molecular weight is 298 g/mol. The van der Waals surface area contributed by atoms with Gasteiger partial charge in [0, 0.05) is 17.8 Å². The van der Waals surface area contributed by atoms with Gasteiger partial charge in [-0.1, -0.05) is 12.1 Å². The first-order valence-corrected chi connectivity index (χ1v) is 7.36. The summed E-state index contributed by atoms with van der Waals surface area (Å²) in [6, 6.07) is 7.79. The van der Waals surface area contributed by atoms with Crippen LogP contribution in [-0.4, -0.2) is 21.9 Å². The number of benzene rings is 1. The maximum absolute atomic E-state index is 12.1. The van der Waals surface area contributed by atoms with Gasteiger partial charge in [-0.05, 0) is 51.8 Å². The molecule has 1 aromatic carbocycles. The quantitative estimate of drug-likeness (QED) is 0.909. The molecular formula is C17H22N4O. The zero-order valence-corrected chi connectivity index (χ0v) is 13.7. The Bertz CT molecular complexity index is 695. The first-order chi connectivity index (χ1) is 10.4. The molecule has 0 unspecified atom stereocenters. The van der Waals surface area contributed by atoms with Crippen LogP contribution in [0, 0.1) is 20.8 Å². The summed E-state index contributed by atoms with van der Waals surface area (Å²) in [5.74, 6) is 0.990. The molecule has 0 aliphatic rings. The Balaban J connectivity index is 2.30. The molecule has 0 spiro atoms. The monoisotopic (exact) mass is 298 g/mol. The number of hydrogen-bond donors (Lipinski definition) is 2. The molecule has 2 N–H and O–H groups in total. The van der Waals surface area contributed by atoms with Crippen LogP contribution >= 0.6 is 0 Å². The number of amides is 1. The molecule has 2 aromatic rings. The minimum absolute atomic E-state index is 0.0678. The van der Waals surface area contributed by atoms with Crippen molar-refractivity contribution in [2.24, 2.45) is 0 Å². The Morgan fingerprint density at radius 1 is 1.14 bits per heavy atom. The van der Waals surface area contributed by atoms with E-state index >= 15 is 0 Å². The molecule has 1 amide bonds. The van der Waals surface area contributed by atoms with Crippen LogP contribution in [0.25, 0.3) is 0 Å². The second kappa shape index (κ2) is 6.56. The highest BCUT2D eigenvalue weighted by Crippen LogP contribution is 2.22. The lowest BCUT2D eigenvalue weighted by Gasteiger charge is -2.13. The van der Waals surface area contributed by atoms with Gasteiger partial charge < -0.3 is 10.6 Å². The normalized spacial score (nSPS) is 10.6. The fraction of sp³-hybridized carbons (Fsp3) is 0.353. The minimum Gasteiger partial charge on any atom is -0.349 e. The molecule has 0 bridgehead atoms. The van der Waals surface area contributed by atoms with Gasteiger partial charge in [0.05, 0.1) is 0 Å². The Hall–Kier alpha value is -2.43. The largest absolute Gasteiger partial charge is 0.349 e. The van der Waals surface area contributed by atoms with Crippen molar-refractivity contribution in [1.82, 2.24) is 15.3 Å². The van der Waals surface area contributed by atoms with Gasteiger partial charge in [-0.2, -0.15) is 0 Å². The van der Waals surface area contributed by atoms with Crippen LogP contribution in [0.1, 0.15) is 41.3 Å². The van der Waals surface area contributed by atoms with Crippen LogP contribution in [0.15, 0.2) is 24.3 Å². The molecule has 5 heteroatoms. The van der Waals surface area contributed by atoms with Gasteiger partial charge in [0.15, 0.2) is 0 Å². The second-order valence-corrected chi connectivity index (χ2v) is 5.69. The Kier molecular flexibility index (Phi) is 4.75. The SMILES string of the molecule is Cc1nc(Nc2cccc(C)c2C)cc(C(=O)NC(C)C)n1. The van der Waals surface area contributed by atoms with Crippen molar-refractivity contribution in [3.8, 4) is 0 Å². The summed E-state index contributed by atoms with van der Waals surface area (Å²) in [4.78, 5) is 20.7. The molecular weight excluding hydrogens is 276 g/mol. The molecule has 1 heterocycles. The van der Waals surface area contributed by atoms with E-state index in [2.05, 4.69) is 40.5 Å². The number of hydrogen-bond acceptors (Lipinski definition) is 4. The molecule has 5 nitrogen and oxygen atoms in total. The highest BCUT2D eigenvalue weighted by Gasteiger charge is 2.12. The van der Waals surface area contributed by atoms with Crippen molar-refractivity contribution in [2.75, 3.05) is 5.32 Å². The summed E-state index contributed by atoms with van der Waals surface area (Å²) in [5, 5.41) is 6.11. The van der Waals surface area contributed by atoms with Gasteiger partial charge in [0.25, 0.3) is 5.91 Å². The van der Waals surface area contributed by atoms with Crippen molar-refractivity contribution in [3.05, 3.63) is 46.9 Å². The standard InChI is InChI=1S/C17H22N4O/c1-10(2)18-17(22)15-9-16(20-13(5)19-15)21-14-8-6-7-11(3)12(14)4/h6-10H,1-5H3,(H,18,22)(H,19,20,21). The van der Waals surface area contributed by atoms with Gasteiger partial charge in [0.1, 0.15) is 17.3 Å². The molecule has 1 aromatic heterocycles. The zero-order valence-electron chi connectivity index (χ0n) is 13.7. The van der Waals surface area contributed by atoms with Crippen LogP contribution in [0.2, 0.25) is 0 Å². The zero-order chi connectivity index (χ0) is 16.3. The maximum Gasteiger partial charge on any atom is 0.270 e. The number of aryl methyl sites for hydroxylation is 2. The van der Waals surface area contributed by atoms with Crippen molar-refractivity contribution < 1.29 is 4.79 Å². The molecule has 0 aliphatic carbocycles. The van der Waals surface area contributed by atoms with Gasteiger partial charge in [-0.15, -0.1) is 0 Å². The topological polar surface area (TPSA) is 66.9 Å². The highest BCUT2D eigenvalue weighted by atomic mass is 16.1. The number of carbonyl (C=O) groups excluding carboxylic acids is 1. The van der Waals surface area contributed by atoms with E-state index in [-0.39, 0.29) is 11.9 Å². The van der Waals surface area contributed by atoms with E-state index < -0.39 is 0 Å². The Labute approximate surface area is 131 Å². The predicted octanol–water partition coefficient (Wildman–Crippen LogP) is 3.28. The Morgan fingerprint density at radius 3 is 2.55 bits per heavy atom. The predicted molar refractivity (Wildman–Crippen MR) is 88.6 cm³/mol.